The molecular formula is C19H25Cl2N3O2. The third-order valence-electron chi connectivity index (χ3n) is 4.28. The number of carbonyl (C=O) groups excluding carboxylic acids is 1. The Morgan fingerprint density at radius 3 is 2.65 bits per heavy atom. The summed E-state index contributed by atoms with van der Waals surface area (Å²) in [5, 5.41) is 3.36. The molecule has 26 heavy (non-hydrogen) atoms. The fourth-order valence-corrected chi connectivity index (χ4v) is 2.94. The molecule has 1 aromatic heterocycles. The second-order valence-corrected chi connectivity index (χ2v) is 5.99. The summed E-state index contributed by atoms with van der Waals surface area (Å²) in [6, 6.07) is 13.9. The van der Waals surface area contributed by atoms with Gasteiger partial charge in [0, 0.05) is 38.1 Å². The van der Waals surface area contributed by atoms with Crippen molar-refractivity contribution in [3.63, 3.8) is 0 Å². The average Bonchev–Trinajstić information content (AvgIpc) is 2.66. The third-order valence-corrected chi connectivity index (χ3v) is 4.28. The van der Waals surface area contributed by atoms with E-state index in [1.165, 1.54) is 5.56 Å². The normalized spacial score (nSPS) is 16.2. The standard InChI is InChI=1S/C19H23N3O2.2ClH/c23-19(24-15-17-5-2-1-3-6-17)22-12-11-21-14-18(22)9-8-16-7-4-10-20-13-16;;/h1-7,10,13,18,21H,8-9,11-12,14-15H2;2*1H. The number of nitrogens with zero attached hydrogens (tertiary/aromatic N) is 2. The van der Waals surface area contributed by atoms with E-state index in [4.69, 9.17) is 4.74 Å². The summed E-state index contributed by atoms with van der Waals surface area (Å²) in [7, 11) is 0. The maximum absolute atomic E-state index is 12.5. The topological polar surface area (TPSA) is 54.5 Å². The third kappa shape index (κ3) is 6.48. The maximum Gasteiger partial charge on any atom is 0.410 e. The second-order valence-electron chi connectivity index (χ2n) is 5.99. The number of hydrogen-bond acceptors (Lipinski definition) is 4. The van der Waals surface area contributed by atoms with Crippen LogP contribution in [0.25, 0.3) is 0 Å². The molecule has 142 valence electrons. The molecule has 2 heterocycles. The van der Waals surface area contributed by atoms with Crippen LogP contribution in [0.3, 0.4) is 0 Å². The predicted molar refractivity (Wildman–Crippen MR) is 107 cm³/mol. The van der Waals surface area contributed by atoms with E-state index < -0.39 is 0 Å². The number of aromatic nitrogens is 1. The van der Waals surface area contributed by atoms with Crippen LogP contribution in [0.2, 0.25) is 0 Å². The lowest BCUT2D eigenvalue weighted by Gasteiger charge is -2.35. The molecule has 1 fully saturated rings. The molecule has 1 aliphatic heterocycles. The van der Waals surface area contributed by atoms with Crippen LogP contribution >= 0.6 is 24.8 Å². The highest BCUT2D eigenvalue weighted by Gasteiger charge is 2.27. The summed E-state index contributed by atoms with van der Waals surface area (Å²) >= 11 is 0. The molecule has 5 nitrogen and oxygen atoms in total. The molecule has 7 heteroatoms. The number of piperazine rings is 1. The van der Waals surface area contributed by atoms with Crippen LogP contribution in [-0.4, -0.2) is 41.7 Å². The van der Waals surface area contributed by atoms with Crippen molar-refractivity contribution in [2.75, 3.05) is 19.6 Å². The highest BCUT2D eigenvalue weighted by molar-refractivity contribution is 5.85. The molecule has 1 amide bonds. The molecule has 1 unspecified atom stereocenters. The monoisotopic (exact) mass is 397 g/mol. The number of amides is 1. The zero-order valence-corrected chi connectivity index (χ0v) is 16.2. The van der Waals surface area contributed by atoms with Crippen LogP contribution in [0.5, 0.6) is 0 Å². The highest BCUT2D eigenvalue weighted by atomic mass is 35.5. The fraction of sp³-hybridized carbons (Fsp3) is 0.368. The lowest BCUT2D eigenvalue weighted by molar-refractivity contribution is 0.0703. The Labute approximate surface area is 167 Å². The number of aryl methyl sites for hydroxylation is 1. The van der Waals surface area contributed by atoms with Gasteiger partial charge in [0.25, 0.3) is 0 Å². The molecule has 0 bridgehead atoms. The van der Waals surface area contributed by atoms with Crippen molar-refractivity contribution >= 4 is 30.9 Å². The van der Waals surface area contributed by atoms with Gasteiger partial charge in [-0.2, -0.15) is 0 Å². The zero-order valence-electron chi connectivity index (χ0n) is 14.5. The Morgan fingerprint density at radius 2 is 1.92 bits per heavy atom. The van der Waals surface area contributed by atoms with Gasteiger partial charge in [-0.25, -0.2) is 4.79 Å². The number of pyridine rings is 1. The van der Waals surface area contributed by atoms with E-state index >= 15 is 0 Å². The van der Waals surface area contributed by atoms with Gasteiger partial charge in [-0.15, -0.1) is 24.8 Å². The number of halogens is 2. The van der Waals surface area contributed by atoms with E-state index in [1.807, 2.05) is 47.5 Å². The van der Waals surface area contributed by atoms with Crippen molar-refractivity contribution in [1.29, 1.82) is 0 Å². The van der Waals surface area contributed by atoms with Gasteiger partial charge in [-0.3, -0.25) is 4.98 Å². The smallest absolute Gasteiger partial charge is 0.410 e. The Kier molecular flexibility index (Phi) is 10.0. The summed E-state index contributed by atoms with van der Waals surface area (Å²) in [4.78, 5) is 18.5. The van der Waals surface area contributed by atoms with Gasteiger partial charge in [0.2, 0.25) is 0 Å². The summed E-state index contributed by atoms with van der Waals surface area (Å²) < 4.78 is 5.50. The minimum absolute atomic E-state index is 0. The number of carbonyl (C=O) groups is 1. The molecule has 0 saturated carbocycles. The first-order chi connectivity index (χ1) is 11.8. The van der Waals surface area contributed by atoms with Crippen molar-refractivity contribution < 1.29 is 9.53 Å². The molecule has 0 spiro atoms. The zero-order chi connectivity index (χ0) is 16.6. The molecule has 3 rings (SSSR count). The number of nitrogens with one attached hydrogen (secondary N) is 1. The van der Waals surface area contributed by atoms with E-state index in [9.17, 15) is 4.79 Å². The summed E-state index contributed by atoms with van der Waals surface area (Å²) in [5.41, 5.74) is 2.20. The lowest BCUT2D eigenvalue weighted by atomic mass is 10.0. The van der Waals surface area contributed by atoms with Crippen LogP contribution < -0.4 is 5.32 Å². The number of rotatable bonds is 5. The van der Waals surface area contributed by atoms with Crippen LogP contribution in [0.4, 0.5) is 4.79 Å². The lowest BCUT2D eigenvalue weighted by Crippen LogP contribution is -2.53. The van der Waals surface area contributed by atoms with Gasteiger partial charge in [0.15, 0.2) is 0 Å². The molecular weight excluding hydrogens is 373 g/mol. The SMILES string of the molecule is Cl.Cl.O=C(OCc1ccccc1)N1CCNCC1CCc1cccnc1. The quantitative estimate of drug-likeness (QED) is 0.838. The van der Waals surface area contributed by atoms with E-state index in [0.717, 1.165) is 31.5 Å². The number of benzene rings is 1. The van der Waals surface area contributed by atoms with Gasteiger partial charge >= 0.3 is 6.09 Å². The molecule has 1 saturated heterocycles. The van der Waals surface area contributed by atoms with Crippen LogP contribution in [0.1, 0.15) is 17.5 Å². The molecule has 0 radical (unpaired) electrons. The molecule has 0 aliphatic carbocycles. The van der Waals surface area contributed by atoms with Crippen molar-refractivity contribution in [1.82, 2.24) is 15.2 Å². The van der Waals surface area contributed by atoms with Gasteiger partial charge in [-0.05, 0) is 30.0 Å². The van der Waals surface area contributed by atoms with Gasteiger partial charge in [0.1, 0.15) is 6.61 Å². The first-order valence-corrected chi connectivity index (χ1v) is 8.40. The van der Waals surface area contributed by atoms with Gasteiger partial charge in [0.05, 0.1) is 0 Å². The Balaban J connectivity index is 0.00000169. The maximum atomic E-state index is 12.5. The van der Waals surface area contributed by atoms with Crippen LogP contribution in [-0.2, 0) is 17.8 Å². The summed E-state index contributed by atoms with van der Waals surface area (Å²) in [6.07, 6.45) is 5.24. The molecule has 1 atom stereocenters. The first-order valence-electron chi connectivity index (χ1n) is 8.40. The average molecular weight is 398 g/mol. The first kappa shape index (κ1) is 22.2. The van der Waals surface area contributed by atoms with E-state index in [1.54, 1.807) is 6.20 Å². The van der Waals surface area contributed by atoms with Crippen molar-refractivity contribution in [3.05, 3.63) is 66.0 Å². The summed E-state index contributed by atoms with van der Waals surface area (Å²) in [6.45, 7) is 2.62. The van der Waals surface area contributed by atoms with Crippen LogP contribution in [0, 0.1) is 0 Å². The predicted octanol–water partition coefficient (Wildman–Crippen LogP) is 3.47. The molecule has 1 aromatic carbocycles. The number of ether oxygens (including phenoxy) is 1. The Bertz CT molecular complexity index is 644. The van der Waals surface area contributed by atoms with Crippen molar-refractivity contribution in [2.45, 2.75) is 25.5 Å². The van der Waals surface area contributed by atoms with Crippen molar-refractivity contribution in [3.8, 4) is 0 Å². The van der Waals surface area contributed by atoms with E-state index in [2.05, 4.69) is 16.4 Å². The van der Waals surface area contributed by atoms with Crippen LogP contribution in [0.15, 0.2) is 54.9 Å². The summed E-state index contributed by atoms with van der Waals surface area (Å²) in [5.74, 6) is 0. The molecule has 1 aliphatic rings. The van der Waals surface area contributed by atoms with E-state index in [0.29, 0.717) is 13.2 Å². The van der Waals surface area contributed by atoms with Gasteiger partial charge in [-0.1, -0.05) is 36.4 Å². The van der Waals surface area contributed by atoms with Crippen molar-refractivity contribution in [2.24, 2.45) is 0 Å². The Hall–Kier alpha value is -1.82. The second kappa shape index (κ2) is 11.7. The Morgan fingerprint density at radius 1 is 1.15 bits per heavy atom. The highest BCUT2D eigenvalue weighted by Crippen LogP contribution is 2.14. The molecule has 2 aromatic rings. The van der Waals surface area contributed by atoms with E-state index in [-0.39, 0.29) is 36.9 Å². The minimum Gasteiger partial charge on any atom is -0.445 e. The minimum atomic E-state index is -0.225. The fourth-order valence-electron chi connectivity index (χ4n) is 2.94. The van der Waals surface area contributed by atoms with Gasteiger partial charge < -0.3 is 15.0 Å². The number of hydrogen-bond donors (Lipinski definition) is 1. The molecule has 1 N–H and O–H groups in total. The largest absolute Gasteiger partial charge is 0.445 e.